The van der Waals surface area contributed by atoms with Gasteiger partial charge in [0, 0.05) is 18.6 Å². The Kier molecular flexibility index (Phi) is 7.64. The molecule has 0 aliphatic carbocycles. The van der Waals surface area contributed by atoms with Crippen LogP contribution in [-0.2, 0) is 20.7 Å². The summed E-state index contributed by atoms with van der Waals surface area (Å²) < 4.78 is 16.4. The third-order valence-electron chi connectivity index (χ3n) is 4.74. The van der Waals surface area contributed by atoms with Gasteiger partial charge in [0.2, 0.25) is 0 Å². The van der Waals surface area contributed by atoms with Gasteiger partial charge in [-0.2, -0.15) is 0 Å². The van der Waals surface area contributed by atoms with Crippen molar-refractivity contribution in [2.45, 2.75) is 38.3 Å². The van der Waals surface area contributed by atoms with Gasteiger partial charge < -0.3 is 19.5 Å². The molecule has 6 heteroatoms. The molecule has 154 valence electrons. The molecule has 0 bridgehead atoms. The summed E-state index contributed by atoms with van der Waals surface area (Å²) in [4.78, 5) is 25.0. The minimum atomic E-state index is -0.750. The molecule has 0 radical (unpaired) electrons. The summed E-state index contributed by atoms with van der Waals surface area (Å²) in [6.45, 7) is 3.30. The van der Waals surface area contributed by atoms with Crippen LogP contribution in [0.15, 0.2) is 54.6 Å². The van der Waals surface area contributed by atoms with Gasteiger partial charge >= 0.3 is 5.97 Å². The van der Waals surface area contributed by atoms with Crippen LogP contribution in [0.3, 0.4) is 0 Å². The zero-order valence-electron chi connectivity index (χ0n) is 16.6. The second-order valence-electron chi connectivity index (χ2n) is 6.94. The average Bonchev–Trinajstić information content (AvgIpc) is 3.27. The van der Waals surface area contributed by atoms with Gasteiger partial charge in [-0.05, 0) is 49.6 Å². The van der Waals surface area contributed by atoms with E-state index >= 15 is 0 Å². The van der Waals surface area contributed by atoms with Crippen molar-refractivity contribution in [2.75, 3.05) is 19.8 Å². The Balaban J connectivity index is 1.59. The summed E-state index contributed by atoms with van der Waals surface area (Å²) in [7, 11) is 0. The molecule has 1 aliphatic heterocycles. The second kappa shape index (κ2) is 10.6. The summed E-state index contributed by atoms with van der Waals surface area (Å²) >= 11 is 0. The lowest BCUT2D eigenvalue weighted by molar-refractivity contribution is -0.145. The topological polar surface area (TPSA) is 73.9 Å². The van der Waals surface area contributed by atoms with E-state index in [1.807, 2.05) is 30.3 Å². The van der Waals surface area contributed by atoms with Gasteiger partial charge in [0.1, 0.15) is 18.4 Å². The molecule has 0 saturated carbocycles. The molecule has 6 nitrogen and oxygen atoms in total. The average molecular weight is 397 g/mol. The van der Waals surface area contributed by atoms with Gasteiger partial charge in [0.15, 0.2) is 0 Å². The molecule has 1 heterocycles. The lowest BCUT2D eigenvalue weighted by atomic mass is 10.1. The molecular weight excluding hydrogens is 370 g/mol. The van der Waals surface area contributed by atoms with Crippen LogP contribution in [0, 0.1) is 0 Å². The van der Waals surface area contributed by atoms with E-state index in [4.69, 9.17) is 14.2 Å². The number of ether oxygens (including phenoxy) is 3. The summed E-state index contributed by atoms with van der Waals surface area (Å²) in [5.41, 5.74) is 1.40. The number of esters is 1. The molecule has 1 aliphatic rings. The standard InChI is InChI=1S/C23H27NO5/c1-2-27-23(26)21(15-17-7-4-3-5-8-17)24-22(25)18-10-12-19(13-11-18)29-16-20-9-6-14-28-20/h3-5,7-8,10-13,20-21H,2,6,9,14-16H2,1H3,(H,24,25). The Labute approximate surface area is 171 Å². The summed E-state index contributed by atoms with van der Waals surface area (Å²) in [6.07, 6.45) is 2.59. The fourth-order valence-corrected chi connectivity index (χ4v) is 3.20. The molecule has 3 rings (SSSR count). The van der Waals surface area contributed by atoms with E-state index in [-0.39, 0.29) is 18.6 Å². The van der Waals surface area contributed by atoms with Gasteiger partial charge in [-0.1, -0.05) is 30.3 Å². The molecule has 1 fully saturated rings. The molecule has 2 atom stereocenters. The number of hydrogen-bond acceptors (Lipinski definition) is 5. The molecule has 29 heavy (non-hydrogen) atoms. The largest absolute Gasteiger partial charge is 0.491 e. The molecule has 0 spiro atoms. The van der Waals surface area contributed by atoms with Crippen LogP contribution in [0.5, 0.6) is 5.75 Å². The van der Waals surface area contributed by atoms with Crippen molar-refractivity contribution in [3.63, 3.8) is 0 Å². The van der Waals surface area contributed by atoms with Crippen LogP contribution in [0.25, 0.3) is 0 Å². The Hall–Kier alpha value is -2.86. The van der Waals surface area contributed by atoms with Gasteiger partial charge in [-0.15, -0.1) is 0 Å². The molecule has 2 aromatic rings. The van der Waals surface area contributed by atoms with E-state index in [9.17, 15) is 9.59 Å². The molecule has 1 amide bonds. The van der Waals surface area contributed by atoms with Crippen LogP contribution in [-0.4, -0.2) is 43.8 Å². The molecule has 0 aromatic heterocycles. The highest BCUT2D eigenvalue weighted by atomic mass is 16.5. The Morgan fingerprint density at radius 1 is 1.14 bits per heavy atom. The van der Waals surface area contributed by atoms with E-state index in [1.165, 1.54) is 0 Å². The predicted molar refractivity (Wildman–Crippen MR) is 109 cm³/mol. The Morgan fingerprint density at radius 2 is 1.90 bits per heavy atom. The number of carbonyl (C=O) groups excluding carboxylic acids is 2. The van der Waals surface area contributed by atoms with E-state index in [2.05, 4.69) is 5.32 Å². The van der Waals surface area contributed by atoms with Crippen molar-refractivity contribution >= 4 is 11.9 Å². The SMILES string of the molecule is CCOC(=O)C(Cc1ccccc1)NC(=O)c1ccc(OCC2CCCO2)cc1. The first-order valence-corrected chi connectivity index (χ1v) is 10.0. The van der Waals surface area contributed by atoms with Crippen LogP contribution >= 0.6 is 0 Å². The van der Waals surface area contributed by atoms with Crippen molar-refractivity contribution in [1.29, 1.82) is 0 Å². The molecule has 1 N–H and O–H groups in total. The smallest absolute Gasteiger partial charge is 0.328 e. The zero-order valence-corrected chi connectivity index (χ0v) is 16.6. The summed E-state index contributed by atoms with van der Waals surface area (Å²) in [5, 5.41) is 2.79. The lowest BCUT2D eigenvalue weighted by Gasteiger charge is -2.18. The van der Waals surface area contributed by atoms with Gasteiger partial charge in [0.25, 0.3) is 5.91 Å². The highest BCUT2D eigenvalue weighted by Gasteiger charge is 2.23. The predicted octanol–water partition coefficient (Wildman–Crippen LogP) is 3.15. The first-order chi connectivity index (χ1) is 14.2. The number of hydrogen-bond donors (Lipinski definition) is 1. The van der Waals surface area contributed by atoms with E-state index in [0.717, 1.165) is 25.0 Å². The first-order valence-electron chi connectivity index (χ1n) is 10.0. The van der Waals surface area contributed by atoms with Crippen molar-refractivity contribution in [3.8, 4) is 5.75 Å². The van der Waals surface area contributed by atoms with Crippen LogP contribution in [0.4, 0.5) is 0 Å². The highest BCUT2D eigenvalue weighted by Crippen LogP contribution is 2.17. The van der Waals surface area contributed by atoms with Crippen molar-refractivity contribution in [2.24, 2.45) is 0 Å². The number of amides is 1. The first kappa shape index (κ1) is 20.9. The summed E-state index contributed by atoms with van der Waals surface area (Å²) in [6, 6.07) is 15.7. The maximum Gasteiger partial charge on any atom is 0.328 e. The molecular formula is C23H27NO5. The van der Waals surface area contributed by atoms with Gasteiger partial charge in [-0.25, -0.2) is 4.79 Å². The second-order valence-corrected chi connectivity index (χ2v) is 6.94. The molecule has 2 unspecified atom stereocenters. The fraction of sp³-hybridized carbons (Fsp3) is 0.391. The quantitative estimate of drug-likeness (QED) is 0.658. The number of nitrogens with one attached hydrogen (secondary N) is 1. The summed E-state index contributed by atoms with van der Waals surface area (Å²) in [5.74, 6) is -0.0887. The molecule has 1 saturated heterocycles. The highest BCUT2D eigenvalue weighted by molar-refractivity contribution is 5.96. The Bertz CT molecular complexity index is 785. The van der Waals surface area contributed by atoms with E-state index < -0.39 is 12.0 Å². The van der Waals surface area contributed by atoms with Crippen molar-refractivity contribution in [1.82, 2.24) is 5.32 Å². The van der Waals surface area contributed by atoms with Crippen molar-refractivity contribution in [3.05, 3.63) is 65.7 Å². The lowest BCUT2D eigenvalue weighted by Crippen LogP contribution is -2.43. The maximum absolute atomic E-state index is 12.7. The maximum atomic E-state index is 12.7. The number of rotatable bonds is 9. The van der Waals surface area contributed by atoms with Crippen molar-refractivity contribution < 1.29 is 23.8 Å². The normalized spacial score (nSPS) is 16.8. The third-order valence-corrected chi connectivity index (χ3v) is 4.74. The van der Waals surface area contributed by atoms with Gasteiger partial charge in [-0.3, -0.25) is 4.79 Å². The number of benzene rings is 2. The zero-order chi connectivity index (χ0) is 20.5. The van der Waals surface area contributed by atoms with E-state index in [0.29, 0.717) is 24.3 Å². The van der Waals surface area contributed by atoms with E-state index in [1.54, 1.807) is 31.2 Å². The number of carbonyl (C=O) groups is 2. The minimum absolute atomic E-state index is 0.140. The fourth-order valence-electron chi connectivity index (χ4n) is 3.20. The molecule has 2 aromatic carbocycles. The monoisotopic (exact) mass is 397 g/mol. The van der Waals surface area contributed by atoms with Gasteiger partial charge in [0.05, 0.1) is 12.7 Å². The van der Waals surface area contributed by atoms with Crippen LogP contribution in [0.2, 0.25) is 0 Å². The minimum Gasteiger partial charge on any atom is -0.491 e. The van der Waals surface area contributed by atoms with Crippen LogP contribution < -0.4 is 10.1 Å². The Morgan fingerprint density at radius 3 is 2.55 bits per heavy atom. The third kappa shape index (κ3) is 6.32. The van der Waals surface area contributed by atoms with Crippen LogP contribution in [0.1, 0.15) is 35.7 Å².